The van der Waals surface area contributed by atoms with E-state index in [9.17, 15) is 4.79 Å². The van der Waals surface area contributed by atoms with Crippen molar-refractivity contribution >= 4 is 23.6 Å². The molecule has 1 aliphatic heterocycles. The second-order valence-electron chi connectivity index (χ2n) is 3.16. The largest absolute Gasteiger partial charge is 0.294 e. The van der Waals surface area contributed by atoms with Gasteiger partial charge in [0.25, 0.3) is 0 Å². The van der Waals surface area contributed by atoms with Crippen LogP contribution in [0.5, 0.6) is 0 Å². The van der Waals surface area contributed by atoms with Crippen LogP contribution in [0.2, 0.25) is 0 Å². The average molecular weight is 205 g/mol. The molecule has 2 aliphatic rings. The Labute approximate surface area is 84.8 Å². The van der Waals surface area contributed by atoms with E-state index in [1.165, 1.54) is 6.33 Å². The molecule has 0 amide bonds. The van der Waals surface area contributed by atoms with Gasteiger partial charge in [0.1, 0.15) is 18.1 Å². The number of nitrogens with zero attached hydrogens (tertiary/aromatic N) is 2. The van der Waals surface area contributed by atoms with Gasteiger partial charge < -0.3 is 0 Å². The summed E-state index contributed by atoms with van der Waals surface area (Å²) in [5.74, 6) is 0.855. The summed E-state index contributed by atoms with van der Waals surface area (Å²) >= 11 is 1.67. The third kappa shape index (κ3) is 1.03. The normalized spacial score (nSPS) is 24.1. The predicted molar refractivity (Wildman–Crippen MR) is 53.7 cm³/mol. The lowest BCUT2D eigenvalue weighted by Gasteiger charge is -2.16. The second-order valence-corrected chi connectivity index (χ2v) is 4.21. The highest BCUT2D eigenvalue weighted by molar-refractivity contribution is 8.03. The van der Waals surface area contributed by atoms with Gasteiger partial charge in [-0.15, -0.1) is 11.8 Å². The lowest BCUT2D eigenvalue weighted by molar-refractivity contribution is 0.0960. The molecule has 1 aliphatic carbocycles. The minimum atomic E-state index is -0.164. The number of rotatable bonds is 0. The molecule has 0 spiro atoms. The Bertz CT molecular complexity index is 443. The maximum absolute atomic E-state index is 11.9. The minimum absolute atomic E-state index is 0.0601. The van der Waals surface area contributed by atoms with Gasteiger partial charge in [-0.25, -0.2) is 9.97 Å². The highest BCUT2D eigenvalue weighted by Crippen LogP contribution is 2.33. The summed E-state index contributed by atoms with van der Waals surface area (Å²) in [6.07, 6.45) is 5.09. The minimum Gasteiger partial charge on any atom is -0.294 e. The molecule has 1 aromatic rings. The number of aromatic nitrogens is 2. The first kappa shape index (κ1) is 8.14. The standard InChI is InChI=1S/C9H7N3OS/c13-9-7-5(2-10-3-11-7)1-6-8(9)12-4-14-6/h1-3,8,12H,4H2. The van der Waals surface area contributed by atoms with E-state index in [2.05, 4.69) is 15.3 Å². The van der Waals surface area contributed by atoms with Crippen LogP contribution in [-0.4, -0.2) is 27.7 Å². The molecule has 0 bridgehead atoms. The van der Waals surface area contributed by atoms with Crippen molar-refractivity contribution < 1.29 is 4.79 Å². The summed E-state index contributed by atoms with van der Waals surface area (Å²) in [6, 6.07) is -0.164. The van der Waals surface area contributed by atoms with Crippen LogP contribution >= 0.6 is 11.8 Å². The van der Waals surface area contributed by atoms with E-state index < -0.39 is 0 Å². The van der Waals surface area contributed by atoms with Crippen molar-refractivity contribution in [3.05, 3.63) is 28.7 Å². The number of Topliss-reactive ketones (excluding diaryl/α,β-unsaturated/α-hetero) is 1. The molecular weight excluding hydrogens is 198 g/mol. The third-order valence-corrected chi connectivity index (χ3v) is 3.34. The smallest absolute Gasteiger partial charge is 0.203 e. The quantitative estimate of drug-likeness (QED) is 0.675. The van der Waals surface area contributed by atoms with E-state index in [1.807, 2.05) is 6.08 Å². The molecule has 1 unspecified atom stereocenters. The zero-order chi connectivity index (χ0) is 9.54. The van der Waals surface area contributed by atoms with Crippen molar-refractivity contribution in [1.82, 2.24) is 15.3 Å². The maximum Gasteiger partial charge on any atom is 0.203 e. The number of fused-ring (bicyclic) bond motifs is 2. The van der Waals surface area contributed by atoms with Crippen LogP contribution in [0.25, 0.3) is 6.08 Å². The first-order valence-electron chi connectivity index (χ1n) is 4.28. The Kier molecular flexibility index (Phi) is 1.68. The van der Waals surface area contributed by atoms with Gasteiger partial charge in [-0.1, -0.05) is 0 Å². The van der Waals surface area contributed by atoms with Crippen LogP contribution in [-0.2, 0) is 0 Å². The molecule has 0 aromatic carbocycles. The Morgan fingerprint density at radius 3 is 3.43 bits per heavy atom. The molecule has 1 saturated heterocycles. The molecular formula is C9H7N3OS. The molecule has 3 rings (SSSR count). The van der Waals surface area contributed by atoms with Crippen molar-refractivity contribution in [2.24, 2.45) is 0 Å². The van der Waals surface area contributed by atoms with Crippen molar-refractivity contribution in [1.29, 1.82) is 0 Å². The van der Waals surface area contributed by atoms with Gasteiger partial charge in [0.15, 0.2) is 0 Å². The second kappa shape index (κ2) is 2.90. The average Bonchev–Trinajstić information content (AvgIpc) is 2.66. The molecule has 5 heteroatoms. The lowest BCUT2D eigenvalue weighted by Crippen LogP contribution is -2.34. The number of thioether (sulfide) groups is 1. The van der Waals surface area contributed by atoms with Crippen LogP contribution in [0.3, 0.4) is 0 Å². The molecule has 1 N–H and O–H groups in total. The third-order valence-electron chi connectivity index (χ3n) is 2.34. The zero-order valence-electron chi connectivity index (χ0n) is 7.23. The number of carbonyl (C=O) groups is 1. The van der Waals surface area contributed by atoms with Crippen molar-refractivity contribution in [3.8, 4) is 0 Å². The molecule has 1 atom stereocenters. The van der Waals surface area contributed by atoms with E-state index in [-0.39, 0.29) is 11.8 Å². The Balaban J connectivity index is 2.20. The van der Waals surface area contributed by atoms with Crippen LogP contribution in [0, 0.1) is 0 Å². The summed E-state index contributed by atoms with van der Waals surface area (Å²) in [6.45, 7) is 0. The predicted octanol–water partition coefficient (Wildman–Crippen LogP) is 0.676. The van der Waals surface area contributed by atoms with Gasteiger partial charge in [0.05, 0.1) is 0 Å². The van der Waals surface area contributed by atoms with Crippen LogP contribution < -0.4 is 5.32 Å². The molecule has 0 radical (unpaired) electrons. The van der Waals surface area contributed by atoms with Crippen molar-refractivity contribution in [3.63, 3.8) is 0 Å². The van der Waals surface area contributed by atoms with Gasteiger partial charge >= 0.3 is 0 Å². The first-order chi connectivity index (χ1) is 6.86. The van der Waals surface area contributed by atoms with Crippen LogP contribution in [0.4, 0.5) is 0 Å². The fourth-order valence-corrected chi connectivity index (χ4v) is 2.67. The first-order valence-corrected chi connectivity index (χ1v) is 5.27. The van der Waals surface area contributed by atoms with E-state index in [0.717, 1.165) is 16.3 Å². The van der Waals surface area contributed by atoms with E-state index in [0.29, 0.717) is 5.69 Å². The highest BCUT2D eigenvalue weighted by atomic mass is 32.2. The number of hydrogen-bond acceptors (Lipinski definition) is 5. The van der Waals surface area contributed by atoms with Crippen LogP contribution in [0.15, 0.2) is 17.4 Å². The topological polar surface area (TPSA) is 54.9 Å². The number of hydrogen-bond donors (Lipinski definition) is 1. The maximum atomic E-state index is 11.9. The highest BCUT2D eigenvalue weighted by Gasteiger charge is 2.34. The van der Waals surface area contributed by atoms with Gasteiger partial charge in [0.2, 0.25) is 5.78 Å². The molecule has 1 fully saturated rings. The fraction of sp³-hybridized carbons (Fsp3) is 0.222. The Morgan fingerprint density at radius 1 is 1.57 bits per heavy atom. The summed E-state index contributed by atoms with van der Waals surface area (Å²) in [5, 5.41) is 3.13. The molecule has 2 heterocycles. The Hall–Kier alpha value is -1.20. The molecule has 1 aromatic heterocycles. The van der Waals surface area contributed by atoms with E-state index in [4.69, 9.17) is 0 Å². The molecule has 4 nitrogen and oxygen atoms in total. The Morgan fingerprint density at radius 2 is 2.50 bits per heavy atom. The van der Waals surface area contributed by atoms with Gasteiger partial charge in [-0.05, 0) is 6.08 Å². The zero-order valence-corrected chi connectivity index (χ0v) is 8.04. The fourth-order valence-electron chi connectivity index (χ4n) is 1.68. The number of ketones is 1. The van der Waals surface area contributed by atoms with Gasteiger partial charge in [-0.3, -0.25) is 10.1 Å². The molecule has 70 valence electrons. The van der Waals surface area contributed by atoms with Crippen molar-refractivity contribution in [2.75, 3.05) is 5.88 Å². The summed E-state index contributed by atoms with van der Waals surface area (Å²) < 4.78 is 0. The molecule has 0 saturated carbocycles. The van der Waals surface area contributed by atoms with Crippen molar-refractivity contribution in [2.45, 2.75) is 6.04 Å². The van der Waals surface area contributed by atoms with E-state index >= 15 is 0 Å². The monoisotopic (exact) mass is 205 g/mol. The van der Waals surface area contributed by atoms with E-state index in [1.54, 1.807) is 18.0 Å². The summed E-state index contributed by atoms with van der Waals surface area (Å²) in [5.41, 5.74) is 1.36. The number of nitrogens with one attached hydrogen (secondary N) is 1. The van der Waals surface area contributed by atoms with Gasteiger partial charge in [-0.2, -0.15) is 0 Å². The summed E-state index contributed by atoms with van der Waals surface area (Å²) in [4.78, 5) is 20.9. The number of carbonyl (C=O) groups excluding carboxylic acids is 1. The van der Waals surface area contributed by atoms with Crippen LogP contribution in [0.1, 0.15) is 16.1 Å². The molecule has 14 heavy (non-hydrogen) atoms. The summed E-state index contributed by atoms with van der Waals surface area (Å²) in [7, 11) is 0. The lowest BCUT2D eigenvalue weighted by atomic mass is 9.99. The SMILES string of the molecule is O=C1c2ncncc2C=C2SCNC12. The van der Waals surface area contributed by atoms with Gasteiger partial charge in [0, 0.05) is 22.5 Å².